The number of ether oxygens (including phenoxy) is 1. The summed E-state index contributed by atoms with van der Waals surface area (Å²) >= 11 is 0. The molecule has 1 atom stereocenters. The quantitative estimate of drug-likeness (QED) is 0.644. The maximum atomic E-state index is 11.0. The second-order valence-corrected chi connectivity index (χ2v) is 4.48. The molecule has 0 bridgehead atoms. The molecule has 0 spiro atoms. The van der Waals surface area contributed by atoms with E-state index in [4.69, 9.17) is 4.74 Å². The van der Waals surface area contributed by atoms with Crippen LogP contribution in [0.5, 0.6) is 0 Å². The number of nitro benzene ring substituents is 1. The van der Waals surface area contributed by atoms with Crippen LogP contribution in [0.2, 0.25) is 0 Å². The standard InChI is InChI=1S/C13H18N2O3/c1-2-10-5-6-12(13(8-10)15(16)17)14-9-11-4-3-7-18-11/h5-6,8,11,14H,2-4,7,9H2,1H3. The van der Waals surface area contributed by atoms with Crippen molar-refractivity contribution in [2.24, 2.45) is 0 Å². The van der Waals surface area contributed by atoms with E-state index < -0.39 is 0 Å². The second kappa shape index (κ2) is 5.82. The molecule has 1 N–H and O–H groups in total. The van der Waals surface area contributed by atoms with E-state index in [2.05, 4.69) is 5.32 Å². The molecule has 1 aliphatic rings. The molecule has 1 heterocycles. The van der Waals surface area contributed by atoms with Gasteiger partial charge in [0, 0.05) is 19.2 Å². The Labute approximate surface area is 106 Å². The highest BCUT2D eigenvalue weighted by molar-refractivity contribution is 5.62. The zero-order chi connectivity index (χ0) is 13.0. The van der Waals surface area contributed by atoms with Crippen LogP contribution in [0.25, 0.3) is 0 Å². The van der Waals surface area contributed by atoms with Gasteiger partial charge < -0.3 is 10.1 Å². The molecule has 2 rings (SSSR count). The molecule has 0 saturated carbocycles. The summed E-state index contributed by atoms with van der Waals surface area (Å²) < 4.78 is 5.49. The van der Waals surface area contributed by atoms with Crippen LogP contribution in [0, 0.1) is 10.1 Å². The lowest BCUT2D eigenvalue weighted by molar-refractivity contribution is -0.384. The molecule has 0 aliphatic carbocycles. The summed E-state index contributed by atoms with van der Waals surface area (Å²) in [6.07, 6.45) is 3.07. The van der Waals surface area contributed by atoms with Gasteiger partial charge in [0.1, 0.15) is 5.69 Å². The Morgan fingerprint density at radius 1 is 1.56 bits per heavy atom. The van der Waals surface area contributed by atoms with E-state index in [0.717, 1.165) is 31.4 Å². The van der Waals surface area contributed by atoms with Crippen LogP contribution in [0.4, 0.5) is 11.4 Å². The van der Waals surface area contributed by atoms with Gasteiger partial charge in [-0.3, -0.25) is 10.1 Å². The Bertz CT molecular complexity index is 428. The predicted molar refractivity (Wildman–Crippen MR) is 69.9 cm³/mol. The molecule has 1 unspecified atom stereocenters. The van der Waals surface area contributed by atoms with E-state index in [0.29, 0.717) is 12.2 Å². The molecule has 1 saturated heterocycles. The molecule has 5 nitrogen and oxygen atoms in total. The monoisotopic (exact) mass is 250 g/mol. The summed E-state index contributed by atoms with van der Waals surface area (Å²) in [6, 6.07) is 5.34. The molecule has 1 aromatic rings. The summed E-state index contributed by atoms with van der Waals surface area (Å²) in [7, 11) is 0. The Hall–Kier alpha value is -1.62. The highest BCUT2D eigenvalue weighted by Crippen LogP contribution is 2.26. The molecule has 1 aliphatic heterocycles. The maximum Gasteiger partial charge on any atom is 0.292 e. The van der Waals surface area contributed by atoms with E-state index >= 15 is 0 Å². The minimum atomic E-state index is -0.336. The molecule has 5 heteroatoms. The van der Waals surface area contributed by atoms with Gasteiger partial charge in [0.25, 0.3) is 5.69 Å². The summed E-state index contributed by atoms with van der Waals surface area (Å²) in [6.45, 7) is 3.41. The van der Waals surface area contributed by atoms with Crippen molar-refractivity contribution in [2.75, 3.05) is 18.5 Å². The van der Waals surface area contributed by atoms with Crippen molar-refractivity contribution in [1.82, 2.24) is 0 Å². The van der Waals surface area contributed by atoms with Crippen molar-refractivity contribution >= 4 is 11.4 Å². The highest BCUT2D eigenvalue weighted by atomic mass is 16.6. The number of rotatable bonds is 5. The van der Waals surface area contributed by atoms with Crippen LogP contribution >= 0.6 is 0 Å². The Morgan fingerprint density at radius 2 is 2.39 bits per heavy atom. The SMILES string of the molecule is CCc1ccc(NCC2CCCO2)c([N+](=O)[O-])c1. The third-order valence-electron chi connectivity index (χ3n) is 3.21. The summed E-state index contributed by atoms with van der Waals surface area (Å²) in [5.41, 5.74) is 1.70. The lowest BCUT2D eigenvalue weighted by atomic mass is 10.1. The van der Waals surface area contributed by atoms with Crippen LogP contribution in [0.3, 0.4) is 0 Å². The predicted octanol–water partition coefficient (Wildman–Crippen LogP) is 2.75. The first-order chi connectivity index (χ1) is 8.70. The molecular formula is C13H18N2O3. The van der Waals surface area contributed by atoms with E-state index in [1.807, 2.05) is 13.0 Å². The van der Waals surface area contributed by atoms with Crippen molar-refractivity contribution in [2.45, 2.75) is 32.3 Å². The first-order valence-corrected chi connectivity index (χ1v) is 6.33. The van der Waals surface area contributed by atoms with Gasteiger partial charge in [-0.1, -0.05) is 13.0 Å². The average Bonchev–Trinajstić information content (AvgIpc) is 2.89. The molecule has 1 aromatic carbocycles. The number of nitrogens with one attached hydrogen (secondary N) is 1. The molecule has 18 heavy (non-hydrogen) atoms. The lowest BCUT2D eigenvalue weighted by Crippen LogP contribution is -2.18. The molecule has 98 valence electrons. The highest BCUT2D eigenvalue weighted by Gasteiger charge is 2.18. The zero-order valence-corrected chi connectivity index (χ0v) is 10.5. The normalized spacial score (nSPS) is 18.8. The van der Waals surface area contributed by atoms with Gasteiger partial charge >= 0.3 is 0 Å². The molecule has 0 radical (unpaired) electrons. The molecule has 0 aromatic heterocycles. The number of benzene rings is 1. The first-order valence-electron chi connectivity index (χ1n) is 6.33. The number of hydrogen-bond donors (Lipinski definition) is 1. The van der Waals surface area contributed by atoms with Gasteiger partial charge in [0.2, 0.25) is 0 Å². The third-order valence-corrected chi connectivity index (χ3v) is 3.21. The van der Waals surface area contributed by atoms with Gasteiger partial charge in [0.05, 0.1) is 11.0 Å². The number of aryl methyl sites for hydroxylation is 1. The minimum Gasteiger partial charge on any atom is -0.377 e. The van der Waals surface area contributed by atoms with E-state index in [1.54, 1.807) is 12.1 Å². The fourth-order valence-corrected chi connectivity index (χ4v) is 2.13. The minimum absolute atomic E-state index is 0.146. The summed E-state index contributed by atoms with van der Waals surface area (Å²) in [4.78, 5) is 10.7. The lowest BCUT2D eigenvalue weighted by Gasteiger charge is -2.12. The van der Waals surface area contributed by atoms with Gasteiger partial charge in [-0.2, -0.15) is 0 Å². The summed E-state index contributed by atoms with van der Waals surface area (Å²) in [5.74, 6) is 0. The van der Waals surface area contributed by atoms with E-state index in [-0.39, 0.29) is 16.7 Å². The Morgan fingerprint density at radius 3 is 3.00 bits per heavy atom. The van der Waals surface area contributed by atoms with Gasteiger partial charge in [0.15, 0.2) is 0 Å². The smallest absolute Gasteiger partial charge is 0.292 e. The van der Waals surface area contributed by atoms with Gasteiger partial charge in [-0.05, 0) is 30.9 Å². The fourth-order valence-electron chi connectivity index (χ4n) is 2.13. The van der Waals surface area contributed by atoms with E-state index in [9.17, 15) is 10.1 Å². The average molecular weight is 250 g/mol. The van der Waals surface area contributed by atoms with Gasteiger partial charge in [-0.25, -0.2) is 0 Å². The van der Waals surface area contributed by atoms with Crippen LogP contribution < -0.4 is 5.32 Å². The largest absolute Gasteiger partial charge is 0.377 e. The topological polar surface area (TPSA) is 64.4 Å². The number of anilines is 1. The van der Waals surface area contributed by atoms with Crippen molar-refractivity contribution in [3.8, 4) is 0 Å². The van der Waals surface area contributed by atoms with Crippen LogP contribution in [-0.4, -0.2) is 24.2 Å². The number of hydrogen-bond acceptors (Lipinski definition) is 4. The molecule has 1 fully saturated rings. The second-order valence-electron chi connectivity index (χ2n) is 4.48. The maximum absolute atomic E-state index is 11.0. The fraction of sp³-hybridized carbons (Fsp3) is 0.538. The Kier molecular flexibility index (Phi) is 4.15. The molecule has 0 amide bonds. The zero-order valence-electron chi connectivity index (χ0n) is 10.5. The molecular weight excluding hydrogens is 232 g/mol. The first kappa shape index (κ1) is 12.8. The van der Waals surface area contributed by atoms with Crippen LogP contribution in [0.1, 0.15) is 25.3 Å². The van der Waals surface area contributed by atoms with Crippen molar-refractivity contribution in [3.63, 3.8) is 0 Å². The van der Waals surface area contributed by atoms with Crippen molar-refractivity contribution in [3.05, 3.63) is 33.9 Å². The van der Waals surface area contributed by atoms with Crippen LogP contribution in [0.15, 0.2) is 18.2 Å². The van der Waals surface area contributed by atoms with Gasteiger partial charge in [-0.15, -0.1) is 0 Å². The van der Waals surface area contributed by atoms with Crippen LogP contribution in [-0.2, 0) is 11.2 Å². The number of nitro groups is 1. The van der Waals surface area contributed by atoms with Crippen molar-refractivity contribution < 1.29 is 9.66 Å². The van der Waals surface area contributed by atoms with Crippen molar-refractivity contribution in [1.29, 1.82) is 0 Å². The summed E-state index contributed by atoms with van der Waals surface area (Å²) in [5, 5.41) is 14.1. The number of nitrogens with zero attached hydrogens (tertiary/aromatic N) is 1. The van der Waals surface area contributed by atoms with E-state index in [1.165, 1.54) is 0 Å². The Balaban J connectivity index is 2.08. The third kappa shape index (κ3) is 2.98.